The number of hydrogen-bond donors (Lipinski definition) is 0. The molecule has 0 radical (unpaired) electrons. The molecule has 0 aliphatic rings. The Labute approximate surface area is 348 Å². The number of esters is 3. The van der Waals surface area contributed by atoms with E-state index in [0.29, 0.717) is 19.3 Å². The fraction of sp³-hybridized carbons (Fsp3) is 0.940. The molecule has 0 aromatic rings. The van der Waals surface area contributed by atoms with Crippen LogP contribution in [0.15, 0.2) is 0 Å². The van der Waals surface area contributed by atoms with Gasteiger partial charge in [0.2, 0.25) is 0 Å². The Hall–Kier alpha value is -1.59. The van der Waals surface area contributed by atoms with Gasteiger partial charge in [0.15, 0.2) is 6.10 Å². The van der Waals surface area contributed by atoms with Gasteiger partial charge in [-0.3, -0.25) is 14.4 Å². The van der Waals surface area contributed by atoms with Crippen molar-refractivity contribution in [1.29, 1.82) is 0 Å². The lowest BCUT2D eigenvalue weighted by Crippen LogP contribution is -2.30. The van der Waals surface area contributed by atoms with E-state index < -0.39 is 6.10 Å². The van der Waals surface area contributed by atoms with Crippen LogP contribution in [-0.4, -0.2) is 37.2 Å². The molecule has 0 aliphatic carbocycles. The van der Waals surface area contributed by atoms with Crippen molar-refractivity contribution in [3.05, 3.63) is 0 Å². The molecule has 1 atom stereocenters. The van der Waals surface area contributed by atoms with Crippen LogP contribution in [0.5, 0.6) is 0 Å². The molecule has 332 valence electrons. The highest BCUT2D eigenvalue weighted by atomic mass is 16.6. The predicted octanol–water partition coefficient (Wildman–Crippen LogP) is 15.9. The molecule has 6 nitrogen and oxygen atoms in total. The second-order valence-corrected chi connectivity index (χ2v) is 17.6. The summed E-state index contributed by atoms with van der Waals surface area (Å²) in [6, 6.07) is 0. The maximum Gasteiger partial charge on any atom is 0.306 e. The van der Waals surface area contributed by atoms with E-state index in [0.717, 1.165) is 63.7 Å². The molecule has 6 heteroatoms. The fourth-order valence-corrected chi connectivity index (χ4v) is 7.51. The van der Waals surface area contributed by atoms with Gasteiger partial charge in [-0.15, -0.1) is 0 Å². The third-order valence-electron chi connectivity index (χ3n) is 11.3. The van der Waals surface area contributed by atoms with Crippen LogP contribution >= 0.6 is 0 Å². The van der Waals surface area contributed by atoms with Crippen molar-refractivity contribution in [1.82, 2.24) is 0 Å². The Morgan fingerprint density at radius 2 is 0.589 bits per heavy atom. The zero-order valence-corrected chi connectivity index (χ0v) is 38.1. The third kappa shape index (κ3) is 43.5. The summed E-state index contributed by atoms with van der Waals surface area (Å²) in [7, 11) is 0. The van der Waals surface area contributed by atoms with Gasteiger partial charge in [0.05, 0.1) is 0 Å². The average Bonchev–Trinajstić information content (AvgIpc) is 3.18. The number of ether oxygens (including phenoxy) is 3. The minimum absolute atomic E-state index is 0.0638. The summed E-state index contributed by atoms with van der Waals surface area (Å²) >= 11 is 0. The Balaban J connectivity index is 4.27. The molecule has 0 aromatic heterocycles. The quantitative estimate of drug-likeness (QED) is 0.0347. The van der Waals surface area contributed by atoms with Gasteiger partial charge in [-0.1, -0.05) is 240 Å². The first-order valence-corrected chi connectivity index (χ1v) is 24.9. The van der Waals surface area contributed by atoms with Crippen molar-refractivity contribution in [3.8, 4) is 0 Å². The molecule has 0 fully saturated rings. The van der Waals surface area contributed by atoms with Crippen LogP contribution in [0.3, 0.4) is 0 Å². The molecule has 0 bridgehead atoms. The standard InChI is InChI=1S/C50H96O6/c1-5-7-9-11-13-15-17-19-20-21-22-24-26-30-34-38-42-49(52)55-45-47(56-50(53)43-39-35-31-27-28-32-36-40-46(3)4)44-54-48(51)41-37-33-29-25-23-18-16-14-12-10-8-6-2/h46-47H,5-45H2,1-4H3/t47-/m1/s1. The van der Waals surface area contributed by atoms with Crippen molar-refractivity contribution in [2.75, 3.05) is 13.2 Å². The Morgan fingerprint density at radius 3 is 0.875 bits per heavy atom. The van der Waals surface area contributed by atoms with E-state index in [1.807, 2.05) is 0 Å². The van der Waals surface area contributed by atoms with Crippen LogP contribution in [-0.2, 0) is 28.6 Å². The smallest absolute Gasteiger partial charge is 0.306 e. The van der Waals surface area contributed by atoms with Gasteiger partial charge in [-0.2, -0.15) is 0 Å². The predicted molar refractivity (Wildman–Crippen MR) is 238 cm³/mol. The summed E-state index contributed by atoms with van der Waals surface area (Å²) in [6.07, 6.45) is 45.2. The van der Waals surface area contributed by atoms with E-state index in [2.05, 4.69) is 27.7 Å². The van der Waals surface area contributed by atoms with Gasteiger partial charge in [0, 0.05) is 19.3 Å². The summed E-state index contributed by atoms with van der Waals surface area (Å²) in [5.41, 5.74) is 0. The lowest BCUT2D eigenvalue weighted by atomic mass is 10.0. The molecule has 0 amide bonds. The topological polar surface area (TPSA) is 78.9 Å². The fourth-order valence-electron chi connectivity index (χ4n) is 7.51. The first-order chi connectivity index (χ1) is 27.4. The normalized spacial score (nSPS) is 11.9. The molecule has 0 aromatic carbocycles. The third-order valence-corrected chi connectivity index (χ3v) is 11.3. The Morgan fingerprint density at radius 1 is 0.339 bits per heavy atom. The summed E-state index contributed by atoms with van der Waals surface area (Å²) in [5.74, 6) is -0.0730. The molecule has 0 spiro atoms. The van der Waals surface area contributed by atoms with Crippen LogP contribution < -0.4 is 0 Å². The zero-order valence-electron chi connectivity index (χ0n) is 38.1. The van der Waals surface area contributed by atoms with Crippen molar-refractivity contribution in [2.24, 2.45) is 5.92 Å². The highest BCUT2D eigenvalue weighted by Gasteiger charge is 2.19. The monoisotopic (exact) mass is 793 g/mol. The molecule has 0 aliphatic heterocycles. The highest BCUT2D eigenvalue weighted by Crippen LogP contribution is 2.17. The maximum absolute atomic E-state index is 12.7. The number of carbonyl (C=O) groups excluding carboxylic acids is 3. The van der Waals surface area contributed by atoms with Crippen molar-refractivity contribution >= 4 is 17.9 Å². The summed E-state index contributed by atoms with van der Waals surface area (Å²) < 4.78 is 16.8. The van der Waals surface area contributed by atoms with E-state index >= 15 is 0 Å². The number of unbranched alkanes of at least 4 members (excludes halogenated alkanes) is 32. The second-order valence-electron chi connectivity index (χ2n) is 17.6. The largest absolute Gasteiger partial charge is 0.462 e. The van der Waals surface area contributed by atoms with Gasteiger partial charge >= 0.3 is 17.9 Å². The van der Waals surface area contributed by atoms with Crippen LogP contribution in [0.4, 0.5) is 0 Å². The number of rotatable bonds is 45. The average molecular weight is 793 g/mol. The van der Waals surface area contributed by atoms with Gasteiger partial charge in [0.1, 0.15) is 13.2 Å². The summed E-state index contributed by atoms with van der Waals surface area (Å²) in [5, 5.41) is 0. The van der Waals surface area contributed by atoms with Crippen LogP contribution in [0.2, 0.25) is 0 Å². The molecule has 0 saturated carbocycles. The van der Waals surface area contributed by atoms with Crippen LogP contribution in [0.1, 0.15) is 278 Å². The molecule has 0 saturated heterocycles. The van der Waals surface area contributed by atoms with E-state index in [1.54, 1.807) is 0 Å². The minimum Gasteiger partial charge on any atom is -0.462 e. The number of hydrogen-bond acceptors (Lipinski definition) is 6. The van der Waals surface area contributed by atoms with E-state index in [4.69, 9.17) is 14.2 Å². The first kappa shape index (κ1) is 54.4. The molecule has 56 heavy (non-hydrogen) atoms. The van der Waals surface area contributed by atoms with Gasteiger partial charge in [-0.25, -0.2) is 0 Å². The van der Waals surface area contributed by atoms with Gasteiger partial charge in [0.25, 0.3) is 0 Å². The first-order valence-electron chi connectivity index (χ1n) is 24.9. The molecule has 0 unspecified atom stereocenters. The molecule has 0 rings (SSSR count). The van der Waals surface area contributed by atoms with E-state index in [-0.39, 0.29) is 31.1 Å². The van der Waals surface area contributed by atoms with E-state index in [1.165, 1.54) is 173 Å². The highest BCUT2D eigenvalue weighted by molar-refractivity contribution is 5.71. The number of carbonyl (C=O) groups is 3. The molecule has 0 N–H and O–H groups in total. The minimum atomic E-state index is -0.760. The SMILES string of the molecule is CCCCCCCCCCCCCCCCCCC(=O)OC[C@@H](COC(=O)CCCCCCCCCCCCCC)OC(=O)CCCCCCCCCC(C)C. The van der Waals surface area contributed by atoms with Crippen molar-refractivity contribution in [2.45, 2.75) is 284 Å². The molecular formula is C50H96O6. The van der Waals surface area contributed by atoms with Gasteiger partial charge < -0.3 is 14.2 Å². The van der Waals surface area contributed by atoms with Crippen LogP contribution in [0.25, 0.3) is 0 Å². The zero-order chi connectivity index (χ0) is 41.0. The van der Waals surface area contributed by atoms with E-state index in [9.17, 15) is 14.4 Å². The Kier molecular flexibility index (Phi) is 43.2. The van der Waals surface area contributed by atoms with Crippen LogP contribution in [0, 0.1) is 5.92 Å². The maximum atomic E-state index is 12.7. The summed E-state index contributed by atoms with van der Waals surface area (Å²) in [6.45, 7) is 8.97. The summed E-state index contributed by atoms with van der Waals surface area (Å²) in [4.78, 5) is 37.8. The molecule has 0 heterocycles. The van der Waals surface area contributed by atoms with Crippen molar-refractivity contribution < 1.29 is 28.6 Å². The lowest BCUT2D eigenvalue weighted by molar-refractivity contribution is -0.167. The van der Waals surface area contributed by atoms with Gasteiger partial charge in [-0.05, 0) is 25.2 Å². The van der Waals surface area contributed by atoms with Crippen molar-refractivity contribution in [3.63, 3.8) is 0 Å². The molecular weight excluding hydrogens is 697 g/mol. The Bertz CT molecular complexity index is 841. The lowest BCUT2D eigenvalue weighted by Gasteiger charge is -2.18. The second kappa shape index (κ2) is 44.5.